The molecule has 1 aliphatic rings. The Morgan fingerprint density at radius 2 is 1.78 bits per heavy atom. The Morgan fingerprint density at radius 3 is 2.47 bits per heavy atom. The van der Waals surface area contributed by atoms with Crippen molar-refractivity contribution in [3.8, 4) is 40.5 Å². The Bertz CT molecular complexity index is 1450. The Kier molecular flexibility index (Phi) is 6.20. The van der Waals surface area contributed by atoms with Crippen LogP contribution in [-0.4, -0.2) is 24.4 Å². The number of ether oxygens (including phenoxy) is 4. The SMILES string of the molecule is COc1ccc(-c2[nH]nc3c2C(c2ccc(OC)c(OCc4ccccc4)c2)C(C#N)=C(N)O3)cc1. The number of H-pyrrole nitrogens is 1. The fraction of sp³-hybridized carbons (Fsp3) is 0.143. The number of fused-ring (bicyclic) bond motifs is 1. The molecular weight excluding hydrogens is 456 g/mol. The molecule has 1 aliphatic heterocycles. The highest BCUT2D eigenvalue weighted by Gasteiger charge is 2.36. The van der Waals surface area contributed by atoms with Crippen LogP contribution in [0.4, 0.5) is 0 Å². The Balaban J connectivity index is 1.59. The van der Waals surface area contributed by atoms with Crippen LogP contribution in [0.3, 0.4) is 0 Å². The zero-order valence-corrected chi connectivity index (χ0v) is 19.8. The van der Waals surface area contributed by atoms with Crippen molar-refractivity contribution in [2.45, 2.75) is 12.5 Å². The zero-order valence-electron chi connectivity index (χ0n) is 19.8. The van der Waals surface area contributed by atoms with Crippen LogP contribution in [0.15, 0.2) is 84.3 Å². The van der Waals surface area contributed by atoms with Crippen molar-refractivity contribution in [2.75, 3.05) is 14.2 Å². The summed E-state index contributed by atoms with van der Waals surface area (Å²) in [5.74, 6) is 1.68. The molecule has 180 valence electrons. The third-order valence-electron chi connectivity index (χ3n) is 6.08. The van der Waals surface area contributed by atoms with Gasteiger partial charge in [0.1, 0.15) is 24.0 Å². The number of methoxy groups -OCH3 is 2. The van der Waals surface area contributed by atoms with Crippen molar-refractivity contribution in [2.24, 2.45) is 5.73 Å². The van der Waals surface area contributed by atoms with Crippen molar-refractivity contribution < 1.29 is 18.9 Å². The standard InChI is InChI=1S/C28H24N4O4/c1-33-20-11-8-18(9-12-20)26-25-24(21(15-29)27(30)36-28(25)32-31-26)19-10-13-22(34-2)23(14-19)35-16-17-6-4-3-5-7-17/h3-14,24H,16,30H2,1-2H3,(H,31,32). The van der Waals surface area contributed by atoms with E-state index in [1.165, 1.54) is 0 Å². The number of benzene rings is 3. The largest absolute Gasteiger partial charge is 0.497 e. The number of rotatable bonds is 7. The maximum atomic E-state index is 10.0. The fourth-order valence-corrected chi connectivity index (χ4v) is 4.28. The van der Waals surface area contributed by atoms with Gasteiger partial charge < -0.3 is 24.7 Å². The molecular formula is C28H24N4O4. The van der Waals surface area contributed by atoms with Gasteiger partial charge in [0.25, 0.3) is 0 Å². The number of aromatic nitrogens is 2. The minimum absolute atomic E-state index is 0.0188. The number of nitrogens with zero attached hydrogens (tertiary/aromatic N) is 2. The first-order chi connectivity index (χ1) is 17.6. The normalized spacial score (nSPS) is 14.4. The van der Waals surface area contributed by atoms with E-state index in [0.29, 0.717) is 29.5 Å². The number of nitriles is 1. The molecule has 4 aromatic rings. The molecule has 0 amide bonds. The first kappa shape index (κ1) is 22.9. The molecule has 0 saturated heterocycles. The summed E-state index contributed by atoms with van der Waals surface area (Å²) >= 11 is 0. The van der Waals surface area contributed by atoms with Gasteiger partial charge in [0.05, 0.1) is 31.4 Å². The van der Waals surface area contributed by atoms with Gasteiger partial charge in [-0.3, -0.25) is 5.10 Å². The average molecular weight is 481 g/mol. The quantitative estimate of drug-likeness (QED) is 0.387. The fourth-order valence-electron chi connectivity index (χ4n) is 4.28. The van der Waals surface area contributed by atoms with Crippen LogP contribution in [0, 0.1) is 11.3 Å². The van der Waals surface area contributed by atoms with E-state index in [1.807, 2.05) is 72.8 Å². The number of allylic oxidation sites excluding steroid dienone is 1. The second-order valence-electron chi connectivity index (χ2n) is 8.16. The van der Waals surface area contributed by atoms with Gasteiger partial charge in [0.2, 0.25) is 11.8 Å². The highest BCUT2D eigenvalue weighted by molar-refractivity contribution is 5.71. The minimum Gasteiger partial charge on any atom is -0.497 e. The Labute approximate surface area is 208 Å². The van der Waals surface area contributed by atoms with E-state index >= 15 is 0 Å². The monoisotopic (exact) mass is 480 g/mol. The predicted octanol–water partition coefficient (Wildman–Crippen LogP) is 4.89. The number of aromatic amines is 1. The van der Waals surface area contributed by atoms with Crippen LogP contribution in [0.2, 0.25) is 0 Å². The summed E-state index contributed by atoms with van der Waals surface area (Å²) in [5.41, 5.74) is 10.6. The predicted molar refractivity (Wildman–Crippen MR) is 134 cm³/mol. The molecule has 8 heteroatoms. The van der Waals surface area contributed by atoms with Crippen LogP contribution in [0.5, 0.6) is 23.1 Å². The van der Waals surface area contributed by atoms with E-state index in [2.05, 4.69) is 16.3 Å². The van der Waals surface area contributed by atoms with Gasteiger partial charge in [-0.1, -0.05) is 36.4 Å². The highest BCUT2D eigenvalue weighted by Crippen LogP contribution is 2.47. The number of nitrogens with one attached hydrogen (secondary N) is 1. The summed E-state index contributed by atoms with van der Waals surface area (Å²) in [6, 6.07) is 25.2. The summed E-state index contributed by atoms with van der Waals surface area (Å²) in [6.45, 7) is 0.367. The number of hydrogen-bond donors (Lipinski definition) is 2. The topological polar surface area (TPSA) is 115 Å². The molecule has 0 radical (unpaired) electrons. The molecule has 5 rings (SSSR count). The summed E-state index contributed by atoms with van der Waals surface area (Å²) < 4.78 is 22.7. The lowest BCUT2D eigenvalue weighted by Crippen LogP contribution is -2.21. The maximum absolute atomic E-state index is 10.0. The maximum Gasteiger partial charge on any atom is 0.244 e. The third-order valence-corrected chi connectivity index (χ3v) is 6.08. The van der Waals surface area contributed by atoms with Gasteiger partial charge in [-0.2, -0.15) is 5.26 Å². The lowest BCUT2D eigenvalue weighted by Gasteiger charge is -2.25. The van der Waals surface area contributed by atoms with E-state index in [1.54, 1.807) is 14.2 Å². The molecule has 0 saturated carbocycles. The van der Waals surface area contributed by atoms with Crippen molar-refractivity contribution in [3.05, 3.63) is 101 Å². The van der Waals surface area contributed by atoms with Crippen LogP contribution in [0.25, 0.3) is 11.3 Å². The summed E-state index contributed by atoms with van der Waals surface area (Å²) in [4.78, 5) is 0. The molecule has 3 N–H and O–H groups in total. The lowest BCUT2D eigenvalue weighted by atomic mass is 9.83. The van der Waals surface area contributed by atoms with Crippen LogP contribution < -0.4 is 24.7 Å². The second-order valence-corrected chi connectivity index (χ2v) is 8.16. The van der Waals surface area contributed by atoms with E-state index in [-0.39, 0.29) is 11.5 Å². The van der Waals surface area contributed by atoms with Gasteiger partial charge in [-0.05, 0) is 47.5 Å². The van der Waals surface area contributed by atoms with E-state index in [4.69, 9.17) is 24.7 Å². The molecule has 0 bridgehead atoms. The first-order valence-electron chi connectivity index (χ1n) is 11.3. The van der Waals surface area contributed by atoms with Crippen LogP contribution in [0.1, 0.15) is 22.6 Å². The summed E-state index contributed by atoms with van der Waals surface area (Å²) in [6.07, 6.45) is 0. The molecule has 1 atom stereocenters. The molecule has 3 aromatic carbocycles. The van der Waals surface area contributed by atoms with Crippen molar-refractivity contribution in [3.63, 3.8) is 0 Å². The van der Waals surface area contributed by atoms with Gasteiger partial charge in [0, 0.05) is 5.56 Å². The van der Waals surface area contributed by atoms with Crippen LogP contribution >= 0.6 is 0 Å². The number of hydrogen-bond acceptors (Lipinski definition) is 7. The third kappa shape index (κ3) is 4.18. The highest BCUT2D eigenvalue weighted by atomic mass is 16.5. The number of nitrogens with two attached hydrogens (primary N) is 1. The van der Waals surface area contributed by atoms with Gasteiger partial charge in [0.15, 0.2) is 11.5 Å². The smallest absolute Gasteiger partial charge is 0.244 e. The van der Waals surface area contributed by atoms with E-state index in [9.17, 15) is 5.26 Å². The summed E-state index contributed by atoms with van der Waals surface area (Å²) in [7, 11) is 3.21. The van der Waals surface area contributed by atoms with E-state index in [0.717, 1.165) is 28.1 Å². The molecule has 1 aromatic heterocycles. The van der Waals surface area contributed by atoms with Crippen molar-refractivity contribution >= 4 is 0 Å². The second kappa shape index (κ2) is 9.76. The van der Waals surface area contributed by atoms with Gasteiger partial charge in [-0.15, -0.1) is 5.10 Å². The zero-order chi connectivity index (χ0) is 25.1. The van der Waals surface area contributed by atoms with Gasteiger partial charge >= 0.3 is 0 Å². The Morgan fingerprint density at radius 1 is 1.00 bits per heavy atom. The van der Waals surface area contributed by atoms with Gasteiger partial charge in [-0.25, -0.2) is 0 Å². The molecule has 8 nitrogen and oxygen atoms in total. The van der Waals surface area contributed by atoms with Crippen molar-refractivity contribution in [1.29, 1.82) is 5.26 Å². The molecule has 0 aliphatic carbocycles. The van der Waals surface area contributed by atoms with E-state index < -0.39 is 5.92 Å². The lowest BCUT2D eigenvalue weighted by molar-refractivity contribution is 0.284. The molecule has 2 heterocycles. The van der Waals surface area contributed by atoms with Crippen molar-refractivity contribution in [1.82, 2.24) is 10.2 Å². The van der Waals surface area contributed by atoms with Crippen LogP contribution in [-0.2, 0) is 6.61 Å². The molecule has 1 unspecified atom stereocenters. The average Bonchev–Trinajstić information content (AvgIpc) is 3.34. The molecule has 36 heavy (non-hydrogen) atoms. The summed E-state index contributed by atoms with van der Waals surface area (Å²) in [5, 5.41) is 17.4. The molecule has 0 fully saturated rings. The molecule has 0 spiro atoms. The first-order valence-corrected chi connectivity index (χ1v) is 11.3. The Hall–Kier alpha value is -4.90. The minimum atomic E-state index is -0.528.